The Hall–Kier alpha value is 0.0400. The van der Waals surface area contributed by atoms with Crippen molar-refractivity contribution >= 4 is 18.2 Å². The average molecular weight is 170 g/mol. The Kier molecular flexibility index (Phi) is 3.28. The van der Waals surface area contributed by atoms with Crippen LogP contribution >= 0.6 is 18.2 Å². The van der Waals surface area contributed by atoms with Crippen molar-refractivity contribution in [2.45, 2.75) is 0 Å². The van der Waals surface area contributed by atoms with E-state index in [1.807, 2.05) is 0 Å². The zero-order valence-electron chi connectivity index (χ0n) is 4.52. The van der Waals surface area contributed by atoms with Gasteiger partial charge in [-0.15, -0.1) is 0 Å². The maximum Gasteiger partial charge on any atom is 0.384 e. The first-order valence-corrected chi connectivity index (χ1v) is 5.19. The van der Waals surface area contributed by atoms with Gasteiger partial charge in [0.15, 0.2) is 0 Å². The maximum atomic E-state index is 10.0. The summed E-state index contributed by atoms with van der Waals surface area (Å²) in [6.45, 7) is -0.974. The number of rotatable bonds is 3. The van der Waals surface area contributed by atoms with Gasteiger partial charge in [0.25, 0.3) is 0 Å². The molecule has 3 N–H and O–H groups in total. The summed E-state index contributed by atoms with van der Waals surface area (Å²) in [6.07, 6.45) is 0. The number of aliphatic hydroxyl groups is 1. The summed E-state index contributed by atoms with van der Waals surface area (Å²) in [6, 6.07) is 0. The zero-order chi connectivity index (χ0) is 7.49. The van der Waals surface area contributed by atoms with Gasteiger partial charge in [0.2, 0.25) is 0 Å². The highest BCUT2D eigenvalue weighted by Crippen LogP contribution is 2.50. The van der Waals surface area contributed by atoms with Crippen LogP contribution in [-0.4, -0.2) is 20.6 Å². The molecular formula is C3H7O4PS. The van der Waals surface area contributed by atoms with Crippen molar-refractivity contribution in [1.82, 2.24) is 0 Å². The van der Waals surface area contributed by atoms with Crippen LogP contribution in [0.15, 0.2) is 12.3 Å². The first-order chi connectivity index (χ1) is 3.92. The van der Waals surface area contributed by atoms with Gasteiger partial charge >= 0.3 is 6.80 Å². The van der Waals surface area contributed by atoms with E-state index in [9.17, 15) is 4.57 Å². The Bertz CT molecular complexity index is 150. The van der Waals surface area contributed by atoms with Crippen LogP contribution in [0.1, 0.15) is 0 Å². The highest BCUT2D eigenvalue weighted by Gasteiger charge is 2.13. The van der Waals surface area contributed by atoms with Gasteiger partial charge in [0.05, 0.1) is 11.5 Å². The zero-order valence-corrected chi connectivity index (χ0v) is 6.23. The van der Waals surface area contributed by atoms with Gasteiger partial charge in [-0.3, -0.25) is 0 Å². The van der Waals surface area contributed by atoms with Gasteiger partial charge < -0.3 is 14.9 Å². The second-order valence-electron chi connectivity index (χ2n) is 1.33. The molecule has 0 amide bonds. The fraction of sp³-hybridized carbons (Fsp3) is 0.333. The summed E-state index contributed by atoms with van der Waals surface area (Å²) >= 11 is 0.359. The topological polar surface area (TPSA) is 77.8 Å². The highest BCUT2D eigenvalue weighted by atomic mass is 32.7. The van der Waals surface area contributed by atoms with Gasteiger partial charge in [-0.25, -0.2) is 4.57 Å². The van der Waals surface area contributed by atoms with Crippen LogP contribution in [0.25, 0.3) is 0 Å². The van der Waals surface area contributed by atoms with E-state index in [2.05, 4.69) is 6.58 Å². The molecule has 0 atom stereocenters. The second kappa shape index (κ2) is 3.27. The summed E-state index contributed by atoms with van der Waals surface area (Å²) in [5.41, 5.74) is 0. The summed E-state index contributed by atoms with van der Waals surface area (Å²) in [5.74, 6) is -0.354. The minimum absolute atomic E-state index is 0.121. The first kappa shape index (κ1) is 9.04. The Morgan fingerprint density at radius 1 is 1.67 bits per heavy atom. The molecule has 0 spiro atoms. The molecule has 0 unspecified atom stereocenters. The Balaban J connectivity index is 3.53. The van der Waals surface area contributed by atoms with Gasteiger partial charge in [-0.1, -0.05) is 6.58 Å². The lowest BCUT2D eigenvalue weighted by molar-refractivity contribution is 0.395. The van der Waals surface area contributed by atoms with E-state index >= 15 is 0 Å². The summed E-state index contributed by atoms with van der Waals surface area (Å²) in [5, 5.41) is 8.36. The van der Waals surface area contributed by atoms with Crippen molar-refractivity contribution in [1.29, 1.82) is 0 Å². The maximum absolute atomic E-state index is 10.0. The normalized spacial score (nSPS) is 11.3. The third-order valence-corrected chi connectivity index (χ3v) is 2.59. The minimum Gasteiger partial charge on any atom is -0.512 e. The average Bonchev–Trinajstić information content (AvgIpc) is 1.59. The molecular weight excluding hydrogens is 163 g/mol. The van der Waals surface area contributed by atoms with Crippen LogP contribution in [-0.2, 0) is 4.57 Å². The van der Waals surface area contributed by atoms with Gasteiger partial charge in [-0.2, -0.15) is 0 Å². The van der Waals surface area contributed by atoms with Crippen molar-refractivity contribution in [3.05, 3.63) is 12.3 Å². The van der Waals surface area contributed by atoms with Crippen molar-refractivity contribution in [2.75, 3.05) is 5.75 Å². The van der Waals surface area contributed by atoms with Crippen LogP contribution < -0.4 is 0 Å². The van der Waals surface area contributed by atoms with Crippen molar-refractivity contribution in [3.63, 3.8) is 0 Å². The Morgan fingerprint density at radius 2 is 2.11 bits per heavy atom. The van der Waals surface area contributed by atoms with Crippen LogP contribution in [0.5, 0.6) is 0 Å². The molecule has 9 heavy (non-hydrogen) atoms. The highest BCUT2D eigenvalue weighted by molar-refractivity contribution is 8.54. The van der Waals surface area contributed by atoms with Crippen molar-refractivity contribution in [2.24, 2.45) is 0 Å². The Morgan fingerprint density at radius 3 is 2.22 bits per heavy atom. The smallest absolute Gasteiger partial charge is 0.384 e. The molecule has 0 aromatic carbocycles. The fourth-order valence-corrected chi connectivity index (χ4v) is 1.43. The standard InChI is InChI=1S/C3H7O4PS/c1-3(4)2-9-8(5,6)7/h4H,1-2H2,(H2,5,6,7). The number of hydrogen-bond donors (Lipinski definition) is 3. The fourth-order valence-electron chi connectivity index (χ4n) is 0.159. The van der Waals surface area contributed by atoms with Crippen LogP contribution in [0.2, 0.25) is 0 Å². The monoisotopic (exact) mass is 170 g/mol. The molecule has 6 heteroatoms. The van der Waals surface area contributed by atoms with E-state index in [-0.39, 0.29) is 11.5 Å². The van der Waals surface area contributed by atoms with E-state index in [1.54, 1.807) is 0 Å². The molecule has 0 aromatic heterocycles. The third kappa shape index (κ3) is 8.04. The first-order valence-electron chi connectivity index (χ1n) is 1.98. The summed E-state index contributed by atoms with van der Waals surface area (Å²) in [7, 11) is 0. The molecule has 0 radical (unpaired) electrons. The Labute approximate surface area is 56.5 Å². The van der Waals surface area contributed by atoms with Crippen LogP contribution in [0.3, 0.4) is 0 Å². The van der Waals surface area contributed by atoms with E-state index in [4.69, 9.17) is 14.9 Å². The van der Waals surface area contributed by atoms with Crippen LogP contribution in [0, 0.1) is 0 Å². The second-order valence-corrected chi connectivity index (χ2v) is 5.06. The van der Waals surface area contributed by atoms with E-state index in [0.29, 0.717) is 11.4 Å². The quantitative estimate of drug-likeness (QED) is 0.433. The van der Waals surface area contributed by atoms with Gasteiger partial charge in [0.1, 0.15) is 0 Å². The lowest BCUT2D eigenvalue weighted by atomic mass is 10.7. The molecule has 0 heterocycles. The summed E-state index contributed by atoms with van der Waals surface area (Å²) in [4.78, 5) is 16.4. The predicted molar refractivity (Wildman–Crippen MR) is 36.3 cm³/mol. The van der Waals surface area contributed by atoms with Crippen molar-refractivity contribution in [3.8, 4) is 0 Å². The van der Waals surface area contributed by atoms with E-state index in [0.717, 1.165) is 0 Å². The molecule has 0 aromatic rings. The number of hydrogen-bond acceptors (Lipinski definition) is 3. The van der Waals surface area contributed by atoms with Crippen molar-refractivity contribution < 1.29 is 19.5 Å². The van der Waals surface area contributed by atoms with Gasteiger partial charge in [0, 0.05) is 0 Å². The van der Waals surface area contributed by atoms with Crippen LogP contribution in [0.4, 0.5) is 0 Å². The van der Waals surface area contributed by atoms with Gasteiger partial charge in [-0.05, 0) is 11.4 Å². The molecule has 0 aliphatic heterocycles. The molecule has 0 saturated carbocycles. The lowest BCUT2D eigenvalue weighted by Crippen LogP contribution is -1.81. The largest absolute Gasteiger partial charge is 0.512 e. The SMILES string of the molecule is C=C(O)CSP(=O)(O)O. The van der Waals surface area contributed by atoms with E-state index in [1.165, 1.54) is 0 Å². The summed E-state index contributed by atoms with van der Waals surface area (Å²) < 4.78 is 10.0. The number of aliphatic hydroxyl groups excluding tert-OH is 1. The lowest BCUT2D eigenvalue weighted by Gasteiger charge is -1.99. The van der Waals surface area contributed by atoms with E-state index < -0.39 is 6.80 Å². The minimum atomic E-state index is -4.02. The molecule has 0 aliphatic carbocycles. The molecule has 54 valence electrons. The molecule has 0 saturated heterocycles. The molecule has 4 nitrogen and oxygen atoms in total. The predicted octanol–water partition coefficient (Wildman–Crippen LogP) is 0.884. The molecule has 0 aliphatic rings. The molecule has 0 fully saturated rings. The third-order valence-electron chi connectivity index (χ3n) is 0.399. The molecule has 0 bridgehead atoms. The molecule has 0 rings (SSSR count).